The predicted molar refractivity (Wildman–Crippen MR) is 73.2 cm³/mol. The van der Waals surface area contributed by atoms with Crippen molar-refractivity contribution in [2.24, 2.45) is 0 Å². The van der Waals surface area contributed by atoms with E-state index in [4.69, 9.17) is 5.11 Å². The maximum atomic E-state index is 11.9. The Morgan fingerprint density at radius 3 is 2.95 bits per heavy atom. The summed E-state index contributed by atoms with van der Waals surface area (Å²) in [5.41, 5.74) is 1.57. The van der Waals surface area contributed by atoms with Crippen molar-refractivity contribution >= 4 is 23.1 Å². The Kier molecular flexibility index (Phi) is 4.28. The van der Waals surface area contributed by atoms with Gasteiger partial charge in [0.2, 0.25) is 5.91 Å². The summed E-state index contributed by atoms with van der Waals surface area (Å²) in [5.74, 6) is 0.466. The molecule has 0 atom stereocenters. The number of carbonyl (C=O) groups excluding carboxylic acids is 1. The standard InChI is InChI=1S/C12H16N4O2S/c1-8-5-11(16(15-8)3-4-17)14-12(18)6-10-7-19-9(2)13-10/h5,7,17H,3-4,6H2,1-2H3,(H,14,18). The lowest BCUT2D eigenvalue weighted by Crippen LogP contribution is -2.18. The SMILES string of the molecule is Cc1cc(NC(=O)Cc2csc(C)n2)n(CCO)n1. The number of aromatic nitrogens is 3. The zero-order valence-electron chi connectivity index (χ0n) is 10.9. The largest absolute Gasteiger partial charge is 0.394 e. The number of rotatable bonds is 5. The van der Waals surface area contributed by atoms with E-state index in [-0.39, 0.29) is 18.9 Å². The van der Waals surface area contributed by atoms with Gasteiger partial charge in [-0.2, -0.15) is 5.10 Å². The Morgan fingerprint density at radius 2 is 2.32 bits per heavy atom. The number of anilines is 1. The second-order valence-electron chi connectivity index (χ2n) is 4.20. The van der Waals surface area contributed by atoms with Crippen molar-refractivity contribution in [3.05, 3.63) is 27.8 Å². The van der Waals surface area contributed by atoms with Crippen LogP contribution in [0.5, 0.6) is 0 Å². The van der Waals surface area contributed by atoms with E-state index >= 15 is 0 Å². The van der Waals surface area contributed by atoms with Crippen LogP contribution in [-0.4, -0.2) is 32.4 Å². The maximum Gasteiger partial charge on any atom is 0.231 e. The first-order chi connectivity index (χ1) is 9.08. The first kappa shape index (κ1) is 13.7. The highest BCUT2D eigenvalue weighted by molar-refractivity contribution is 7.09. The third kappa shape index (κ3) is 3.62. The van der Waals surface area contributed by atoms with Crippen molar-refractivity contribution in [2.75, 3.05) is 11.9 Å². The number of carbonyl (C=O) groups is 1. The van der Waals surface area contributed by atoms with Gasteiger partial charge in [-0.3, -0.25) is 4.79 Å². The minimum atomic E-state index is -0.135. The van der Waals surface area contributed by atoms with Gasteiger partial charge in [-0.15, -0.1) is 11.3 Å². The van der Waals surface area contributed by atoms with Gasteiger partial charge in [0, 0.05) is 11.4 Å². The van der Waals surface area contributed by atoms with Gasteiger partial charge in [-0.25, -0.2) is 9.67 Å². The minimum Gasteiger partial charge on any atom is -0.394 e. The van der Waals surface area contributed by atoms with Crippen LogP contribution in [0.2, 0.25) is 0 Å². The summed E-state index contributed by atoms with van der Waals surface area (Å²) in [7, 11) is 0. The van der Waals surface area contributed by atoms with Gasteiger partial charge in [-0.05, 0) is 13.8 Å². The van der Waals surface area contributed by atoms with Crippen molar-refractivity contribution in [2.45, 2.75) is 26.8 Å². The van der Waals surface area contributed by atoms with Crippen LogP contribution in [0.25, 0.3) is 0 Å². The van der Waals surface area contributed by atoms with Crippen LogP contribution >= 0.6 is 11.3 Å². The summed E-state index contributed by atoms with van der Waals surface area (Å²) >= 11 is 1.53. The summed E-state index contributed by atoms with van der Waals surface area (Å²) in [6.07, 6.45) is 0.244. The smallest absolute Gasteiger partial charge is 0.231 e. The fourth-order valence-corrected chi connectivity index (χ4v) is 2.36. The fraction of sp³-hybridized carbons (Fsp3) is 0.417. The normalized spacial score (nSPS) is 10.7. The van der Waals surface area contributed by atoms with Crippen molar-refractivity contribution in [3.8, 4) is 0 Å². The maximum absolute atomic E-state index is 11.9. The van der Waals surface area contributed by atoms with Crippen LogP contribution in [0, 0.1) is 13.8 Å². The number of nitrogens with zero attached hydrogens (tertiary/aromatic N) is 3. The number of aliphatic hydroxyl groups is 1. The summed E-state index contributed by atoms with van der Waals surface area (Å²) in [6.45, 7) is 4.09. The van der Waals surface area contributed by atoms with Gasteiger partial charge < -0.3 is 10.4 Å². The Labute approximate surface area is 115 Å². The van der Waals surface area contributed by atoms with Crippen LogP contribution in [0.15, 0.2) is 11.4 Å². The Balaban J connectivity index is 2.02. The topological polar surface area (TPSA) is 80.0 Å². The molecule has 2 N–H and O–H groups in total. The first-order valence-electron chi connectivity index (χ1n) is 5.94. The van der Waals surface area contributed by atoms with Crippen molar-refractivity contribution in [3.63, 3.8) is 0 Å². The van der Waals surface area contributed by atoms with Gasteiger partial charge in [0.15, 0.2) is 0 Å². The Hall–Kier alpha value is -1.73. The molecule has 0 spiro atoms. The molecule has 0 bridgehead atoms. The molecule has 0 fully saturated rings. The molecule has 2 heterocycles. The number of thiazole rings is 1. The van der Waals surface area contributed by atoms with Crippen LogP contribution < -0.4 is 5.32 Å². The molecule has 6 nitrogen and oxygen atoms in total. The predicted octanol–water partition coefficient (Wildman–Crippen LogP) is 1.13. The number of hydrogen-bond acceptors (Lipinski definition) is 5. The van der Waals surface area contributed by atoms with Gasteiger partial charge >= 0.3 is 0 Å². The highest BCUT2D eigenvalue weighted by atomic mass is 32.1. The number of aryl methyl sites for hydroxylation is 2. The molecule has 0 unspecified atom stereocenters. The second-order valence-corrected chi connectivity index (χ2v) is 5.26. The van der Waals surface area contributed by atoms with Gasteiger partial charge in [0.1, 0.15) is 5.82 Å². The third-order valence-corrected chi connectivity index (χ3v) is 3.31. The van der Waals surface area contributed by atoms with Crippen LogP contribution in [0.3, 0.4) is 0 Å². The molecule has 102 valence electrons. The summed E-state index contributed by atoms with van der Waals surface area (Å²) in [5, 5.41) is 18.8. The zero-order chi connectivity index (χ0) is 13.8. The van der Waals surface area contributed by atoms with Crippen LogP contribution in [0.1, 0.15) is 16.4 Å². The highest BCUT2D eigenvalue weighted by Gasteiger charge is 2.11. The van der Waals surface area contributed by atoms with Gasteiger partial charge in [0.25, 0.3) is 0 Å². The molecule has 0 aliphatic heterocycles. The average Bonchev–Trinajstić information content (AvgIpc) is 2.87. The molecular formula is C12H16N4O2S. The molecule has 0 radical (unpaired) electrons. The number of hydrogen-bond donors (Lipinski definition) is 2. The monoisotopic (exact) mass is 280 g/mol. The van der Waals surface area contributed by atoms with E-state index in [0.717, 1.165) is 16.4 Å². The van der Waals surface area contributed by atoms with Crippen LogP contribution in [0.4, 0.5) is 5.82 Å². The zero-order valence-corrected chi connectivity index (χ0v) is 11.7. The molecule has 2 rings (SSSR count). The van der Waals surface area contributed by atoms with Gasteiger partial charge in [-0.1, -0.05) is 0 Å². The lowest BCUT2D eigenvalue weighted by atomic mass is 10.3. The Bertz CT molecular complexity index is 576. The van der Waals surface area contributed by atoms with Crippen molar-refractivity contribution < 1.29 is 9.90 Å². The first-order valence-corrected chi connectivity index (χ1v) is 6.82. The molecule has 0 aliphatic rings. The molecule has 0 saturated carbocycles. The quantitative estimate of drug-likeness (QED) is 0.860. The number of aliphatic hydroxyl groups excluding tert-OH is 1. The number of amides is 1. The van der Waals surface area contributed by atoms with Crippen molar-refractivity contribution in [1.82, 2.24) is 14.8 Å². The summed E-state index contributed by atoms with van der Waals surface area (Å²) in [4.78, 5) is 16.2. The van der Waals surface area contributed by atoms with E-state index in [1.54, 1.807) is 10.7 Å². The van der Waals surface area contributed by atoms with E-state index in [9.17, 15) is 4.79 Å². The average molecular weight is 280 g/mol. The Morgan fingerprint density at radius 1 is 1.53 bits per heavy atom. The molecule has 0 aliphatic carbocycles. The summed E-state index contributed by atoms with van der Waals surface area (Å²) < 4.78 is 1.58. The highest BCUT2D eigenvalue weighted by Crippen LogP contribution is 2.12. The fourth-order valence-electron chi connectivity index (χ4n) is 1.75. The molecule has 1 amide bonds. The van der Waals surface area contributed by atoms with Crippen molar-refractivity contribution in [1.29, 1.82) is 0 Å². The summed E-state index contributed by atoms with van der Waals surface area (Å²) in [6, 6.07) is 1.78. The van der Waals surface area contributed by atoms with E-state index < -0.39 is 0 Å². The molecule has 7 heteroatoms. The number of nitrogens with one attached hydrogen (secondary N) is 1. The minimum absolute atomic E-state index is 0.0186. The third-order valence-electron chi connectivity index (χ3n) is 2.49. The molecule has 2 aromatic rings. The lowest BCUT2D eigenvalue weighted by Gasteiger charge is -2.06. The van der Waals surface area contributed by atoms with Gasteiger partial charge in [0.05, 0.1) is 36.0 Å². The molecule has 0 aromatic carbocycles. The van der Waals surface area contributed by atoms with E-state index in [1.807, 2.05) is 19.2 Å². The molecule has 19 heavy (non-hydrogen) atoms. The molecule has 0 saturated heterocycles. The lowest BCUT2D eigenvalue weighted by molar-refractivity contribution is -0.115. The van der Waals surface area contributed by atoms with E-state index in [0.29, 0.717) is 12.4 Å². The second kappa shape index (κ2) is 5.94. The molecular weight excluding hydrogens is 264 g/mol. The molecule has 2 aromatic heterocycles. The van der Waals surface area contributed by atoms with Crippen LogP contribution in [-0.2, 0) is 17.8 Å². The van der Waals surface area contributed by atoms with E-state index in [1.165, 1.54) is 11.3 Å². The van der Waals surface area contributed by atoms with E-state index in [2.05, 4.69) is 15.4 Å².